The molecule has 1 aliphatic heterocycles. The Morgan fingerprint density at radius 1 is 1.29 bits per heavy atom. The fourth-order valence-electron chi connectivity index (χ4n) is 1.73. The average molecular weight is 191 g/mol. The molecule has 1 atom stereocenters. The fourth-order valence-corrected chi connectivity index (χ4v) is 1.73. The molecule has 1 aliphatic rings. The molecule has 0 saturated carbocycles. The van der Waals surface area contributed by atoms with Crippen LogP contribution in [0.5, 0.6) is 5.75 Å². The topological polar surface area (TPSA) is 21.3 Å². The molecule has 0 aliphatic carbocycles. The van der Waals surface area contributed by atoms with Gasteiger partial charge in [0.05, 0.1) is 0 Å². The molecule has 1 aromatic rings. The summed E-state index contributed by atoms with van der Waals surface area (Å²) in [5.41, 5.74) is 1.28. The third-order valence-corrected chi connectivity index (χ3v) is 2.58. The van der Waals surface area contributed by atoms with Crippen molar-refractivity contribution in [1.29, 1.82) is 0 Å². The van der Waals surface area contributed by atoms with Gasteiger partial charge in [-0.05, 0) is 38.4 Å². The standard InChI is InChI=1S/C12H17NO/c1-10-4-6-11(7-5-10)14-12-3-2-8-13-9-12/h4-7,12-13H,2-3,8-9H2,1H3/t12-/m0/s1. The summed E-state index contributed by atoms with van der Waals surface area (Å²) >= 11 is 0. The van der Waals surface area contributed by atoms with Crippen molar-refractivity contribution >= 4 is 0 Å². The maximum atomic E-state index is 5.85. The van der Waals surface area contributed by atoms with Crippen LogP contribution < -0.4 is 10.1 Å². The van der Waals surface area contributed by atoms with Crippen molar-refractivity contribution in [1.82, 2.24) is 5.32 Å². The number of nitrogens with one attached hydrogen (secondary N) is 1. The molecule has 2 heteroatoms. The van der Waals surface area contributed by atoms with Gasteiger partial charge in [-0.15, -0.1) is 0 Å². The Morgan fingerprint density at radius 3 is 2.71 bits per heavy atom. The Morgan fingerprint density at radius 2 is 2.07 bits per heavy atom. The summed E-state index contributed by atoms with van der Waals surface area (Å²) < 4.78 is 5.85. The number of hydrogen-bond donors (Lipinski definition) is 1. The van der Waals surface area contributed by atoms with Crippen LogP contribution in [0, 0.1) is 6.92 Å². The predicted molar refractivity (Wildman–Crippen MR) is 57.7 cm³/mol. The highest BCUT2D eigenvalue weighted by atomic mass is 16.5. The van der Waals surface area contributed by atoms with Crippen molar-refractivity contribution in [3.63, 3.8) is 0 Å². The van der Waals surface area contributed by atoms with Gasteiger partial charge < -0.3 is 10.1 Å². The van der Waals surface area contributed by atoms with E-state index in [1.165, 1.54) is 18.4 Å². The number of benzene rings is 1. The second-order valence-corrected chi connectivity index (χ2v) is 3.90. The van der Waals surface area contributed by atoms with Crippen LogP contribution in [0.1, 0.15) is 18.4 Å². The number of piperidine rings is 1. The third kappa shape index (κ3) is 2.48. The lowest BCUT2D eigenvalue weighted by Gasteiger charge is -2.23. The largest absolute Gasteiger partial charge is 0.489 e. The lowest BCUT2D eigenvalue weighted by molar-refractivity contribution is 0.167. The smallest absolute Gasteiger partial charge is 0.119 e. The maximum absolute atomic E-state index is 5.85. The van der Waals surface area contributed by atoms with Gasteiger partial charge in [-0.3, -0.25) is 0 Å². The zero-order chi connectivity index (χ0) is 9.80. The van der Waals surface area contributed by atoms with Crippen molar-refractivity contribution in [2.24, 2.45) is 0 Å². The first kappa shape index (κ1) is 9.53. The molecule has 0 radical (unpaired) electrons. The molecule has 0 spiro atoms. The quantitative estimate of drug-likeness (QED) is 0.773. The van der Waals surface area contributed by atoms with Crippen molar-refractivity contribution in [2.45, 2.75) is 25.9 Å². The van der Waals surface area contributed by atoms with E-state index in [0.29, 0.717) is 6.10 Å². The lowest BCUT2D eigenvalue weighted by atomic mass is 10.1. The maximum Gasteiger partial charge on any atom is 0.119 e. The van der Waals surface area contributed by atoms with Gasteiger partial charge in [-0.1, -0.05) is 17.7 Å². The molecule has 0 bridgehead atoms. The molecule has 1 fully saturated rings. The number of rotatable bonds is 2. The monoisotopic (exact) mass is 191 g/mol. The average Bonchev–Trinajstić information content (AvgIpc) is 2.23. The first-order valence-electron chi connectivity index (χ1n) is 5.28. The number of hydrogen-bond acceptors (Lipinski definition) is 2. The highest BCUT2D eigenvalue weighted by Crippen LogP contribution is 2.16. The summed E-state index contributed by atoms with van der Waals surface area (Å²) in [6.07, 6.45) is 2.74. The molecule has 76 valence electrons. The van der Waals surface area contributed by atoms with E-state index in [9.17, 15) is 0 Å². The number of aryl methyl sites for hydroxylation is 1. The van der Waals surface area contributed by atoms with Crippen LogP contribution in [0.2, 0.25) is 0 Å². The Kier molecular flexibility index (Phi) is 3.04. The van der Waals surface area contributed by atoms with Crippen LogP contribution in [0.25, 0.3) is 0 Å². The van der Waals surface area contributed by atoms with Gasteiger partial charge in [0.2, 0.25) is 0 Å². The van der Waals surface area contributed by atoms with Crippen molar-refractivity contribution < 1.29 is 4.74 Å². The van der Waals surface area contributed by atoms with E-state index in [2.05, 4.69) is 24.4 Å². The van der Waals surface area contributed by atoms with Crippen molar-refractivity contribution in [2.75, 3.05) is 13.1 Å². The Hall–Kier alpha value is -1.02. The molecule has 2 rings (SSSR count). The Bertz CT molecular complexity index is 275. The van der Waals surface area contributed by atoms with Gasteiger partial charge in [-0.2, -0.15) is 0 Å². The van der Waals surface area contributed by atoms with Crippen molar-refractivity contribution in [3.05, 3.63) is 29.8 Å². The highest BCUT2D eigenvalue weighted by Gasteiger charge is 2.13. The molecule has 1 N–H and O–H groups in total. The van der Waals surface area contributed by atoms with E-state index in [4.69, 9.17) is 4.74 Å². The summed E-state index contributed by atoms with van der Waals surface area (Å²) in [5, 5.41) is 3.34. The second-order valence-electron chi connectivity index (χ2n) is 3.90. The molecule has 1 saturated heterocycles. The van der Waals surface area contributed by atoms with Crippen LogP contribution in [0.3, 0.4) is 0 Å². The van der Waals surface area contributed by atoms with Crippen LogP contribution in [0.15, 0.2) is 24.3 Å². The van der Waals surface area contributed by atoms with E-state index >= 15 is 0 Å². The van der Waals surface area contributed by atoms with Crippen LogP contribution in [0.4, 0.5) is 0 Å². The van der Waals surface area contributed by atoms with Crippen LogP contribution in [-0.4, -0.2) is 19.2 Å². The normalized spacial score (nSPS) is 21.9. The summed E-state index contributed by atoms with van der Waals surface area (Å²) in [6.45, 7) is 4.20. The zero-order valence-corrected chi connectivity index (χ0v) is 8.62. The van der Waals surface area contributed by atoms with Gasteiger partial charge in [0.1, 0.15) is 11.9 Å². The predicted octanol–water partition coefficient (Wildman–Crippen LogP) is 2.13. The molecular weight excluding hydrogens is 174 g/mol. The Balaban J connectivity index is 1.92. The third-order valence-electron chi connectivity index (χ3n) is 2.58. The van der Waals surface area contributed by atoms with E-state index in [1.54, 1.807) is 0 Å². The SMILES string of the molecule is Cc1ccc(O[C@H]2CCCNC2)cc1. The van der Waals surface area contributed by atoms with Crippen LogP contribution >= 0.6 is 0 Å². The summed E-state index contributed by atoms with van der Waals surface area (Å²) in [5.74, 6) is 0.990. The molecule has 0 amide bonds. The minimum Gasteiger partial charge on any atom is -0.489 e. The lowest BCUT2D eigenvalue weighted by Crippen LogP contribution is -2.37. The van der Waals surface area contributed by atoms with Gasteiger partial charge in [-0.25, -0.2) is 0 Å². The molecule has 1 aromatic carbocycles. The second kappa shape index (κ2) is 4.47. The van der Waals surface area contributed by atoms with Crippen LogP contribution in [-0.2, 0) is 0 Å². The Labute approximate surface area is 85.3 Å². The molecule has 0 unspecified atom stereocenters. The highest BCUT2D eigenvalue weighted by molar-refractivity contribution is 5.26. The minimum absolute atomic E-state index is 0.353. The van der Waals surface area contributed by atoms with Gasteiger partial charge >= 0.3 is 0 Å². The summed E-state index contributed by atoms with van der Waals surface area (Å²) in [6, 6.07) is 8.27. The zero-order valence-electron chi connectivity index (χ0n) is 8.62. The molecular formula is C12H17NO. The van der Waals surface area contributed by atoms with Gasteiger partial charge in [0.15, 0.2) is 0 Å². The molecule has 2 nitrogen and oxygen atoms in total. The first-order valence-corrected chi connectivity index (χ1v) is 5.28. The van der Waals surface area contributed by atoms with E-state index in [0.717, 1.165) is 18.8 Å². The molecule has 14 heavy (non-hydrogen) atoms. The summed E-state index contributed by atoms with van der Waals surface area (Å²) in [7, 11) is 0. The van der Waals surface area contributed by atoms with Gasteiger partial charge in [0, 0.05) is 6.54 Å². The number of ether oxygens (including phenoxy) is 1. The molecule has 1 heterocycles. The summed E-state index contributed by atoms with van der Waals surface area (Å²) in [4.78, 5) is 0. The van der Waals surface area contributed by atoms with Crippen molar-refractivity contribution in [3.8, 4) is 5.75 Å². The first-order chi connectivity index (χ1) is 6.84. The van der Waals surface area contributed by atoms with E-state index in [-0.39, 0.29) is 0 Å². The van der Waals surface area contributed by atoms with Gasteiger partial charge in [0.25, 0.3) is 0 Å². The van der Waals surface area contributed by atoms with E-state index < -0.39 is 0 Å². The van der Waals surface area contributed by atoms with E-state index in [1.807, 2.05) is 12.1 Å². The minimum atomic E-state index is 0.353. The molecule has 0 aromatic heterocycles. The fraction of sp³-hybridized carbons (Fsp3) is 0.500.